The Balaban J connectivity index is 1.73. The molecule has 0 fully saturated rings. The summed E-state index contributed by atoms with van der Waals surface area (Å²) in [6.45, 7) is 3.51. The fraction of sp³-hybridized carbons (Fsp3) is 0.300. The summed E-state index contributed by atoms with van der Waals surface area (Å²) in [4.78, 5) is 46.6. The summed E-state index contributed by atoms with van der Waals surface area (Å²) >= 11 is 7.19. The van der Waals surface area contributed by atoms with Crippen LogP contribution in [0.5, 0.6) is 5.75 Å². The van der Waals surface area contributed by atoms with E-state index in [4.69, 9.17) is 16.3 Å². The molecule has 2 N–H and O–H groups in total. The number of amides is 1. The summed E-state index contributed by atoms with van der Waals surface area (Å²) in [6.07, 6.45) is 0. The SMILES string of the molecule is COc1ccc(Cl)cc1NC(=O)CN(C)Cc1nc2sc(C(C)=O)c(C)c2c(=O)[nH]1. The minimum Gasteiger partial charge on any atom is -0.495 e. The number of anilines is 1. The Morgan fingerprint density at radius 2 is 2.10 bits per heavy atom. The molecule has 0 spiro atoms. The topological polar surface area (TPSA) is 104 Å². The zero-order chi connectivity index (χ0) is 22.0. The number of carbonyl (C=O) groups is 2. The van der Waals surface area contributed by atoms with Gasteiger partial charge in [0.15, 0.2) is 5.78 Å². The van der Waals surface area contributed by atoms with Gasteiger partial charge < -0.3 is 15.0 Å². The van der Waals surface area contributed by atoms with Crippen LogP contribution in [0.3, 0.4) is 0 Å². The van der Waals surface area contributed by atoms with Crippen molar-refractivity contribution in [3.8, 4) is 5.75 Å². The van der Waals surface area contributed by atoms with Crippen LogP contribution < -0.4 is 15.6 Å². The third kappa shape index (κ3) is 4.69. The van der Waals surface area contributed by atoms with E-state index in [1.807, 2.05) is 0 Å². The number of hydrogen-bond donors (Lipinski definition) is 2. The molecule has 1 amide bonds. The Hall–Kier alpha value is -2.75. The van der Waals surface area contributed by atoms with Crippen LogP contribution in [0.15, 0.2) is 23.0 Å². The van der Waals surface area contributed by atoms with Crippen molar-refractivity contribution < 1.29 is 14.3 Å². The van der Waals surface area contributed by atoms with Crippen LogP contribution in [0.25, 0.3) is 10.2 Å². The van der Waals surface area contributed by atoms with E-state index in [1.54, 1.807) is 37.1 Å². The van der Waals surface area contributed by atoms with Gasteiger partial charge in [0.1, 0.15) is 16.4 Å². The number of aryl methyl sites for hydroxylation is 1. The number of thiophene rings is 1. The first-order valence-electron chi connectivity index (χ1n) is 9.04. The summed E-state index contributed by atoms with van der Waals surface area (Å²) in [5.41, 5.74) is 0.825. The first-order chi connectivity index (χ1) is 14.2. The summed E-state index contributed by atoms with van der Waals surface area (Å²) in [5, 5.41) is 3.68. The van der Waals surface area contributed by atoms with E-state index < -0.39 is 0 Å². The van der Waals surface area contributed by atoms with Crippen molar-refractivity contribution >= 4 is 50.5 Å². The molecule has 158 valence electrons. The number of methoxy groups -OCH3 is 1. The second-order valence-corrected chi connectivity index (χ2v) is 8.31. The lowest BCUT2D eigenvalue weighted by atomic mass is 10.2. The number of nitrogens with zero attached hydrogens (tertiary/aromatic N) is 2. The Morgan fingerprint density at radius 3 is 2.77 bits per heavy atom. The van der Waals surface area contributed by atoms with Crippen LogP contribution in [0.2, 0.25) is 5.02 Å². The maximum absolute atomic E-state index is 12.5. The zero-order valence-corrected chi connectivity index (χ0v) is 18.5. The highest BCUT2D eigenvalue weighted by Gasteiger charge is 2.18. The van der Waals surface area contributed by atoms with Gasteiger partial charge in [0.25, 0.3) is 5.56 Å². The maximum Gasteiger partial charge on any atom is 0.259 e. The zero-order valence-electron chi connectivity index (χ0n) is 17.0. The van der Waals surface area contributed by atoms with Gasteiger partial charge in [0.2, 0.25) is 5.91 Å². The summed E-state index contributed by atoms with van der Waals surface area (Å²) in [7, 11) is 3.24. The van der Waals surface area contributed by atoms with Crippen molar-refractivity contribution in [2.75, 3.05) is 26.0 Å². The van der Waals surface area contributed by atoms with Crippen molar-refractivity contribution in [2.45, 2.75) is 20.4 Å². The number of nitrogens with one attached hydrogen (secondary N) is 2. The van der Waals surface area contributed by atoms with E-state index in [2.05, 4.69) is 15.3 Å². The molecule has 0 unspecified atom stereocenters. The molecule has 0 radical (unpaired) electrons. The molecule has 0 saturated heterocycles. The lowest BCUT2D eigenvalue weighted by molar-refractivity contribution is -0.117. The third-order valence-corrected chi connectivity index (χ3v) is 5.96. The average molecular weight is 449 g/mol. The quantitative estimate of drug-likeness (QED) is 0.538. The van der Waals surface area contributed by atoms with Crippen LogP contribution >= 0.6 is 22.9 Å². The van der Waals surface area contributed by atoms with Crippen LogP contribution in [0.4, 0.5) is 5.69 Å². The van der Waals surface area contributed by atoms with Gasteiger partial charge in [-0.05, 0) is 44.7 Å². The van der Waals surface area contributed by atoms with E-state index >= 15 is 0 Å². The second kappa shape index (κ2) is 8.95. The van der Waals surface area contributed by atoms with E-state index in [0.717, 1.165) is 0 Å². The van der Waals surface area contributed by atoms with Crippen molar-refractivity contribution in [1.82, 2.24) is 14.9 Å². The largest absolute Gasteiger partial charge is 0.495 e. The summed E-state index contributed by atoms with van der Waals surface area (Å²) < 4.78 is 5.22. The number of likely N-dealkylation sites (N-methyl/N-ethyl adjacent to an activating group) is 1. The number of aromatic amines is 1. The number of ether oxygens (including phenoxy) is 1. The number of hydrogen-bond acceptors (Lipinski definition) is 7. The highest BCUT2D eigenvalue weighted by Crippen LogP contribution is 2.28. The molecule has 30 heavy (non-hydrogen) atoms. The van der Waals surface area contributed by atoms with Gasteiger partial charge >= 0.3 is 0 Å². The van der Waals surface area contributed by atoms with Crippen molar-refractivity contribution in [3.05, 3.63) is 49.8 Å². The van der Waals surface area contributed by atoms with Gasteiger partial charge in [-0.2, -0.15) is 0 Å². The molecule has 0 bridgehead atoms. The average Bonchev–Trinajstić information content (AvgIpc) is 2.98. The molecule has 0 atom stereocenters. The van der Waals surface area contributed by atoms with Crippen molar-refractivity contribution in [1.29, 1.82) is 0 Å². The van der Waals surface area contributed by atoms with E-state index in [9.17, 15) is 14.4 Å². The van der Waals surface area contributed by atoms with Gasteiger partial charge in [-0.15, -0.1) is 11.3 Å². The molecule has 0 aliphatic heterocycles. The lowest BCUT2D eigenvalue weighted by Crippen LogP contribution is -2.31. The molecule has 0 aliphatic rings. The first kappa shape index (κ1) is 21.9. The van der Waals surface area contributed by atoms with Crippen LogP contribution in [-0.4, -0.2) is 47.3 Å². The second-order valence-electron chi connectivity index (χ2n) is 6.87. The standard InChI is InChI=1S/C20H21ClN4O4S/c1-10-17-19(28)23-15(24-20(17)30-18(10)11(2)26)8-25(3)9-16(27)22-13-7-12(21)5-6-14(13)29-4/h5-7H,8-9H2,1-4H3,(H,22,27)(H,23,24,28). The summed E-state index contributed by atoms with van der Waals surface area (Å²) in [6, 6.07) is 4.95. The molecule has 10 heteroatoms. The Labute approximate surface area is 181 Å². The number of ketones is 1. The van der Waals surface area contributed by atoms with Crippen LogP contribution in [0.1, 0.15) is 28.0 Å². The Morgan fingerprint density at radius 1 is 1.37 bits per heavy atom. The normalized spacial score (nSPS) is 11.1. The predicted octanol–water partition coefficient (Wildman–Crippen LogP) is 3.23. The highest BCUT2D eigenvalue weighted by molar-refractivity contribution is 7.20. The van der Waals surface area contributed by atoms with E-state index in [1.165, 1.54) is 25.4 Å². The van der Waals surface area contributed by atoms with Crippen LogP contribution in [-0.2, 0) is 11.3 Å². The maximum atomic E-state index is 12.5. The predicted molar refractivity (Wildman–Crippen MR) is 118 cm³/mol. The van der Waals surface area contributed by atoms with Gasteiger partial charge in [0.05, 0.1) is 36.2 Å². The number of H-pyrrole nitrogens is 1. The Bertz CT molecular complexity index is 1190. The van der Waals surface area contributed by atoms with Gasteiger partial charge in [-0.1, -0.05) is 11.6 Å². The van der Waals surface area contributed by atoms with Gasteiger partial charge in [-0.3, -0.25) is 19.3 Å². The number of carbonyl (C=O) groups excluding carboxylic acids is 2. The lowest BCUT2D eigenvalue weighted by Gasteiger charge is -2.16. The molecule has 2 heterocycles. The minimum absolute atomic E-state index is 0.0551. The van der Waals surface area contributed by atoms with Crippen molar-refractivity contribution in [3.63, 3.8) is 0 Å². The number of Topliss-reactive ketones (excluding diaryl/α,β-unsaturated/α-hetero) is 1. The molecule has 3 aromatic rings. The fourth-order valence-corrected chi connectivity index (χ4v) is 4.39. The molecule has 8 nitrogen and oxygen atoms in total. The number of fused-ring (bicyclic) bond motifs is 1. The monoisotopic (exact) mass is 448 g/mol. The third-order valence-electron chi connectivity index (χ3n) is 4.44. The number of halogens is 1. The van der Waals surface area contributed by atoms with Crippen molar-refractivity contribution in [2.24, 2.45) is 0 Å². The molecule has 2 aromatic heterocycles. The molecule has 0 saturated carbocycles. The van der Waals surface area contributed by atoms with Crippen LogP contribution in [0, 0.1) is 6.92 Å². The minimum atomic E-state index is -0.294. The molecule has 0 aliphatic carbocycles. The van der Waals surface area contributed by atoms with Gasteiger partial charge in [0, 0.05) is 5.02 Å². The summed E-state index contributed by atoms with van der Waals surface area (Å²) in [5.74, 6) is 0.551. The fourth-order valence-electron chi connectivity index (χ4n) is 3.12. The molecule has 3 rings (SSSR count). The smallest absolute Gasteiger partial charge is 0.259 e. The number of aromatic nitrogens is 2. The first-order valence-corrected chi connectivity index (χ1v) is 10.2. The number of benzene rings is 1. The van der Waals surface area contributed by atoms with Gasteiger partial charge in [-0.25, -0.2) is 4.98 Å². The number of rotatable bonds is 7. The molecule has 1 aromatic carbocycles. The molecular weight excluding hydrogens is 428 g/mol. The Kier molecular flexibility index (Phi) is 6.55. The van der Waals surface area contributed by atoms with E-state index in [0.29, 0.717) is 42.9 Å². The molecular formula is C20H21ClN4O4S. The highest BCUT2D eigenvalue weighted by atomic mass is 35.5. The van der Waals surface area contributed by atoms with E-state index in [-0.39, 0.29) is 30.3 Å².